The van der Waals surface area contributed by atoms with Gasteiger partial charge in [0.1, 0.15) is 17.9 Å². The first-order chi connectivity index (χ1) is 14.6. The molecule has 0 fully saturated rings. The van der Waals surface area contributed by atoms with Crippen LogP contribution in [0, 0.1) is 20.8 Å². The molecule has 0 atom stereocenters. The van der Waals surface area contributed by atoms with E-state index in [0.717, 1.165) is 11.8 Å². The van der Waals surface area contributed by atoms with Gasteiger partial charge in [-0.05, 0) is 38.0 Å². The number of methoxy groups -OCH3 is 1. The molecule has 2 aromatic carbocycles. The van der Waals surface area contributed by atoms with E-state index < -0.39 is 9.84 Å². The van der Waals surface area contributed by atoms with E-state index in [0.29, 0.717) is 28.3 Å². The van der Waals surface area contributed by atoms with E-state index in [2.05, 4.69) is 5.10 Å². The number of aryl methyl sites for hydroxylation is 3. The lowest BCUT2D eigenvalue weighted by atomic mass is 9.97. The van der Waals surface area contributed by atoms with Crippen molar-refractivity contribution in [3.05, 3.63) is 69.9 Å². The number of ketones is 1. The molecule has 164 valence electrons. The van der Waals surface area contributed by atoms with Gasteiger partial charge in [0.25, 0.3) is 0 Å². The van der Waals surface area contributed by atoms with Crippen LogP contribution in [-0.4, -0.2) is 37.3 Å². The highest BCUT2D eigenvalue weighted by molar-refractivity contribution is 7.90. The third kappa shape index (κ3) is 4.34. The molecule has 1 aromatic heterocycles. The standard InChI is InChI=1S/C23H26N2O5S/c1-14-12-18(21(29-5)15(2)22(14)31(6,27)28)20(26)19-16(3)24-25(4)23(19)30-13-17-10-8-7-9-11-17/h7-12H,13H2,1-6H3. The molecule has 8 heteroatoms. The molecule has 0 unspecified atom stereocenters. The summed E-state index contributed by atoms with van der Waals surface area (Å²) in [5, 5.41) is 4.36. The Labute approximate surface area is 182 Å². The lowest BCUT2D eigenvalue weighted by Gasteiger charge is -2.17. The first-order valence-corrected chi connectivity index (χ1v) is 11.6. The highest BCUT2D eigenvalue weighted by Crippen LogP contribution is 2.35. The number of rotatable bonds is 7. The van der Waals surface area contributed by atoms with Crippen molar-refractivity contribution in [1.82, 2.24) is 9.78 Å². The number of hydrogen-bond acceptors (Lipinski definition) is 6. The maximum atomic E-state index is 13.6. The average Bonchev–Trinajstić information content (AvgIpc) is 2.98. The van der Waals surface area contributed by atoms with Crippen LogP contribution in [0.1, 0.15) is 38.3 Å². The van der Waals surface area contributed by atoms with E-state index in [-0.39, 0.29) is 28.6 Å². The van der Waals surface area contributed by atoms with Crippen molar-refractivity contribution < 1.29 is 22.7 Å². The number of carbonyl (C=O) groups is 1. The van der Waals surface area contributed by atoms with E-state index >= 15 is 0 Å². The molecule has 0 saturated heterocycles. The molecule has 0 aliphatic heterocycles. The van der Waals surface area contributed by atoms with Crippen LogP contribution in [-0.2, 0) is 23.5 Å². The molecule has 0 saturated carbocycles. The second kappa shape index (κ2) is 8.55. The van der Waals surface area contributed by atoms with Crippen molar-refractivity contribution in [2.75, 3.05) is 13.4 Å². The minimum absolute atomic E-state index is 0.171. The van der Waals surface area contributed by atoms with Gasteiger partial charge in [0.05, 0.1) is 23.3 Å². The molecule has 3 rings (SSSR count). The molecule has 0 aliphatic rings. The topological polar surface area (TPSA) is 87.5 Å². The lowest BCUT2D eigenvalue weighted by molar-refractivity contribution is 0.103. The number of benzene rings is 2. The van der Waals surface area contributed by atoms with Gasteiger partial charge < -0.3 is 9.47 Å². The fourth-order valence-electron chi connectivity index (χ4n) is 3.88. The normalized spacial score (nSPS) is 11.4. The van der Waals surface area contributed by atoms with Crippen molar-refractivity contribution in [2.24, 2.45) is 7.05 Å². The summed E-state index contributed by atoms with van der Waals surface area (Å²) < 4.78 is 37.5. The van der Waals surface area contributed by atoms with Crippen molar-refractivity contribution in [1.29, 1.82) is 0 Å². The summed E-state index contributed by atoms with van der Waals surface area (Å²) in [6.45, 7) is 5.33. The number of ether oxygens (including phenoxy) is 2. The fourth-order valence-corrected chi connectivity index (χ4v) is 5.17. The molecule has 3 aromatic rings. The molecule has 31 heavy (non-hydrogen) atoms. The molecule has 7 nitrogen and oxygen atoms in total. The number of nitrogens with zero attached hydrogens (tertiary/aromatic N) is 2. The predicted octanol–water partition coefficient (Wildman–Crippen LogP) is 3.57. The zero-order valence-electron chi connectivity index (χ0n) is 18.5. The van der Waals surface area contributed by atoms with Gasteiger partial charge in [-0.3, -0.25) is 4.79 Å². The first kappa shape index (κ1) is 22.6. The van der Waals surface area contributed by atoms with Crippen molar-refractivity contribution in [3.63, 3.8) is 0 Å². The summed E-state index contributed by atoms with van der Waals surface area (Å²) in [6.07, 6.45) is 1.14. The summed E-state index contributed by atoms with van der Waals surface area (Å²) in [5.41, 5.74) is 2.95. The Morgan fingerprint density at radius 1 is 1.13 bits per heavy atom. The zero-order valence-corrected chi connectivity index (χ0v) is 19.3. The fraction of sp³-hybridized carbons (Fsp3) is 0.304. The Morgan fingerprint density at radius 2 is 1.77 bits per heavy atom. The number of carbonyl (C=O) groups excluding carboxylic acids is 1. The van der Waals surface area contributed by atoms with Gasteiger partial charge in [0.15, 0.2) is 9.84 Å². The Balaban J connectivity index is 2.10. The van der Waals surface area contributed by atoms with Crippen molar-refractivity contribution in [3.8, 4) is 11.6 Å². The molecule has 0 bridgehead atoms. The number of aromatic nitrogens is 2. The van der Waals surface area contributed by atoms with Crippen LogP contribution in [0.25, 0.3) is 0 Å². The first-order valence-electron chi connectivity index (χ1n) is 9.69. The molecule has 0 radical (unpaired) electrons. The Morgan fingerprint density at radius 3 is 2.35 bits per heavy atom. The molecule has 0 aliphatic carbocycles. The van der Waals surface area contributed by atoms with Crippen molar-refractivity contribution >= 4 is 15.6 Å². The Kier molecular flexibility index (Phi) is 6.22. The highest BCUT2D eigenvalue weighted by Gasteiger charge is 2.29. The second-order valence-electron chi connectivity index (χ2n) is 7.49. The van der Waals surface area contributed by atoms with Gasteiger partial charge in [-0.25, -0.2) is 13.1 Å². The van der Waals surface area contributed by atoms with E-state index in [9.17, 15) is 13.2 Å². The Bertz CT molecular complexity index is 1240. The SMILES string of the molecule is COc1c(C(=O)c2c(C)nn(C)c2OCc2ccccc2)cc(C)c(S(C)(=O)=O)c1C. The van der Waals surface area contributed by atoms with E-state index in [1.54, 1.807) is 33.9 Å². The van der Waals surface area contributed by atoms with Gasteiger partial charge in [-0.15, -0.1) is 0 Å². The second-order valence-corrected chi connectivity index (χ2v) is 9.45. The lowest BCUT2D eigenvalue weighted by Crippen LogP contribution is -2.12. The third-order valence-corrected chi connectivity index (χ3v) is 6.45. The van der Waals surface area contributed by atoms with Gasteiger partial charge in [-0.1, -0.05) is 30.3 Å². The summed E-state index contributed by atoms with van der Waals surface area (Å²) in [5.74, 6) is 0.237. The monoisotopic (exact) mass is 442 g/mol. The van der Waals surface area contributed by atoms with Gasteiger partial charge in [0, 0.05) is 18.9 Å². The van der Waals surface area contributed by atoms with Crippen LogP contribution in [0.3, 0.4) is 0 Å². The molecule has 0 spiro atoms. The zero-order chi connectivity index (χ0) is 22.9. The number of sulfone groups is 1. The van der Waals surface area contributed by atoms with Crippen LogP contribution < -0.4 is 9.47 Å². The summed E-state index contributed by atoms with van der Waals surface area (Å²) in [7, 11) is -0.355. The number of hydrogen-bond donors (Lipinski definition) is 0. The van der Waals surface area contributed by atoms with Crippen LogP contribution in [0.5, 0.6) is 11.6 Å². The summed E-state index contributed by atoms with van der Waals surface area (Å²) in [4.78, 5) is 13.8. The van der Waals surface area contributed by atoms with Crippen LogP contribution in [0.4, 0.5) is 0 Å². The van der Waals surface area contributed by atoms with E-state index in [1.165, 1.54) is 11.8 Å². The van der Waals surface area contributed by atoms with Gasteiger partial charge in [0.2, 0.25) is 11.7 Å². The van der Waals surface area contributed by atoms with Crippen LogP contribution in [0.2, 0.25) is 0 Å². The molecule has 1 heterocycles. The summed E-state index contributed by atoms with van der Waals surface area (Å²) in [6, 6.07) is 11.2. The quantitative estimate of drug-likeness (QED) is 0.520. The maximum Gasteiger partial charge on any atom is 0.223 e. The maximum absolute atomic E-state index is 13.6. The smallest absolute Gasteiger partial charge is 0.223 e. The third-order valence-electron chi connectivity index (χ3n) is 5.08. The predicted molar refractivity (Wildman–Crippen MR) is 118 cm³/mol. The molecular weight excluding hydrogens is 416 g/mol. The Hall–Kier alpha value is -3.13. The average molecular weight is 443 g/mol. The molecule has 0 amide bonds. The molecule has 0 N–H and O–H groups in total. The van der Waals surface area contributed by atoms with E-state index in [1.807, 2.05) is 30.3 Å². The highest BCUT2D eigenvalue weighted by atomic mass is 32.2. The van der Waals surface area contributed by atoms with Gasteiger partial charge >= 0.3 is 0 Å². The molecular formula is C23H26N2O5S. The van der Waals surface area contributed by atoms with Crippen LogP contribution in [0.15, 0.2) is 41.3 Å². The van der Waals surface area contributed by atoms with Crippen LogP contribution >= 0.6 is 0 Å². The largest absolute Gasteiger partial charge is 0.496 e. The van der Waals surface area contributed by atoms with Crippen molar-refractivity contribution in [2.45, 2.75) is 32.3 Å². The summed E-state index contributed by atoms with van der Waals surface area (Å²) >= 11 is 0. The van der Waals surface area contributed by atoms with E-state index in [4.69, 9.17) is 9.47 Å². The van der Waals surface area contributed by atoms with Gasteiger partial charge in [-0.2, -0.15) is 5.10 Å². The minimum Gasteiger partial charge on any atom is -0.496 e. The minimum atomic E-state index is -3.49.